The van der Waals surface area contributed by atoms with E-state index in [2.05, 4.69) is 26.4 Å². The maximum absolute atomic E-state index is 12.6. The maximum Gasteiger partial charge on any atom is 0.227 e. The van der Waals surface area contributed by atoms with Crippen LogP contribution in [0.3, 0.4) is 0 Å². The van der Waals surface area contributed by atoms with Crippen molar-refractivity contribution in [1.29, 1.82) is 0 Å². The van der Waals surface area contributed by atoms with Crippen molar-refractivity contribution in [3.63, 3.8) is 0 Å². The van der Waals surface area contributed by atoms with Gasteiger partial charge in [-0.05, 0) is 38.9 Å². The average Bonchev–Trinajstić information content (AvgIpc) is 3.51. The van der Waals surface area contributed by atoms with Crippen molar-refractivity contribution in [2.45, 2.75) is 38.6 Å². The molecular formula is C25H30N4O3. The first-order valence-corrected chi connectivity index (χ1v) is 11.2. The number of hydrogen-bond donors (Lipinski definition) is 1. The van der Waals surface area contributed by atoms with E-state index in [1.165, 1.54) is 18.4 Å². The number of nitrogens with one attached hydrogen (secondary N) is 1. The molecule has 1 aliphatic rings. The van der Waals surface area contributed by atoms with Crippen LogP contribution >= 0.6 is 0 Å². The van der Waals surface area contributed by atoms with E-state index in [9.17, 15) is 4.79 Å². The number of methoxy groups -OCH3 is 1. The van der Waals surface area contributed by atoms with Gasteiger partial charge in [0.05, 0.1) is 13.2 Å². The Balaban J connectivity index is 1.34. The number of amides is 1. The molecule has 1 fully saturated rings. The summed E-state index contributed by atoms with van der Waals surface area (Å²) in [7, 11) is 1.69. The lowest BCUT2D eigenvalue weighted by Crippen LogP contribution is -2.37. The Hall–Kier alpha value is -3.19. The Morgan fingerprint density at radius 2 is 1.91 bits per heavy atom. The minimum atomic E-state index is -0.0285. The number of para-hydroxylation sites is 1. The molecule has 1 saturated heterocycles. The van der Waals surface area contributed by atoms with E-state index in [4.69, 9.17) is 9.26 Å². The van der Waals surface area contributed by atoms with Gasteiger partial charge in [0.15, 0.2) is 0 Å². The van der Waals surface area contributed by atoms with Crippen LogP contribution in [0.2, 0.25) is 0 Å². The maximum atomic E-state index is 12.6. The van der Waals surface area contributed by atoms with E-state index in [0.717, 1.165) is 30.0 Å². The van der Waals surface area contributed by atoms with E-state index >= 15 is 0 Å². The van der Waals surface area contributed by atoms with Crippen molar-refractivity contribution < 1.29 is 14.1 Å². The summed E-state index contributed by atoms with van der Waals surface area (Å²) in [6.45, 7) is 4.63. The normalized spacial score (nSPS) is 14.9. The number of ether oxygens (including phenoxy) is 1. The Morgan fingerprint density at radius 1 is 1.16 bits per heavy atom. The van der Waals surface area contributed by atoms with Gasteiger partial charge >= 0.3 is 0 Å². The van der Waals surface area contributed by atoms with Gasteiger partial charge in [0.1, 0.15) is 5.75 Å². The Morgan fingerprint density at radius 3 is 2.66 bits per heavy atom. The number of nitrogens with zero attached hydrogens (tertiary/aromatic N) is 3. The molecule has 1 atom stereocenters. The number of benzene rings is 2. The molecular weight excluding hydrogens is 404 g/mol. The van der Waals surface area contributed by atoms with Gasteiger partial charge in [0, 0.05) is 30.5 Å². The van der Waals surface area contributed by atoms with Crippen LogP contribution in [0.5, 0.6) is 5.75 Å². The standard InChI is InChI=1S/C25H30N4O3/c1-18-9-11-19(12-10-18)25-27-24(32-28-25)14-13-23(30)26-17-21(29-15-5-6-16-29)20-7-3-4-8-22(20)31-2/h3-4,7-12,21H,5-6,13-17H2,1-2H3,(H,26,30)/t21-/m1/s1. The Kier molecular flexibility index (Phi) is 7.17. The lowest BCUT2D eigenvalue weighted by Gasteiger charge is -2.29. The van der Waals surface area contributed by atoms with Gasteiger partial charge in [0.2, 0.25) is 17.6 Å². The van der Waals surface area contributed by atoms with Crippen molar-refractivity contribution in [3.8, 4) is 17.1 Å². The molecule has 0 bridgehead atoms. The van der Waals surface area contributed by atoms with Crippen LogP contribution < -0.4 is 10.1 Å². The van der Waals surface area contributed by atoms with Gasteiger partial charge in [-0.2, -0.15) is 4.98 Å². The predicted molar refractivity (Wildman–Crippen MR) is 122 cm³/mol. The summed E-state index contributed by atoms with van der Waals surface area (Å²) in [4.78, 5) is 19.4. The first-order chi connectivity index (χ1) is 15.6. The second-order valence-electron chi connectivity index (χ2n) is 8.18. The molecule has 0 spiro atoms. The zero-order chi connectivity index (χ0) is 22.3. The van der Waals surface area contributed by atoms with Crippen LogP contribution in [-0.2, 0) is 11.2 Å². The molecule has 2 heterocycles. The number of hydrogen-bond acceptors (Lipinski definition) is 6. The van der Waals surface area contributed by atoms with E-state index in [-0.39, 0.29) is 11.9 Å². The molecule has 7 heteroatoms. The topological polar surface area (TPSA) is 80.5 Å². The minimum absolute atomic E-state index is 0.0285. The molecule has 1 amide bonds. The van der Waals surface area contributed by atoms with Crippen molar-refractivity contribution in [3.05, 3.63) is 65.5 Å². The molecule has 0 radical (unpaired) electrons. The van der Waals surface area contributed by atoms with Gasteiger partial charge in [-0.1, -0.05) is 53.2 Å². The summed E-state index contributed by atoms with van der Waals surface area (Å²) in [5, 5.41) is 7.14. The second-order valence-corrected chi connectivity index (χ2v) is 8.18. The average molecular weight is 435 g/mol. The molecule has 32 heavy (non-hydrogen) atoms. The van der Waals surface area contributed by atoms with Crippen LogP contribution in [0, 0.1) is 6.92 Å². The van der Waals surface area contributed by atoms with Crippen LogP contribution in [0.1, 0.15) is 42.3 Å². The Labute approximate surface area is 188 Å². The quantitative estimate of drug-likeness (QED) is 0.549. The summed E-state index contributed by atoms with van der Waals surface area (Å²) in [5.74, 6) is 1.84. The van der Waals surface area contributed by atoms with E-state index < -0.39 is 0 Å². The lowest BCUT2D eigenvalue weighted by molar-refractivity contribution is -0.121. The van der Waals surface area contributed by atoms with Crippen LogP contribution in [0.15, 0.2) is 53.1 Å². The molecule has 3 aromatic rings. The van der Waals surface area contributed by atoms with Crippen LogP contribution in [-0.4, -0.2) is 47.7 Å². The third-order valence-corrected chi connectivity index (χ3v) is 5.92. The molecule has 2 aromatic carbocycles. The number of carbonyl (C=O) groups excluding carboxylic acids is 1. The van der Waals surface area contributed by atoms with E-state index in [1.54, 1.807) is 7.11 Å². The van der Waals surface area contributed by atoms with Crippen LogP contribution in [0.4, 0.5) is 0 Å². The molecule has 1 N–H and O–H groups in total. The zero-order valence-corrected chi connectivity index (χ0v) is 18.7. The Bertz CT molecular complexity index is 1030. The van der Waals surface area contributed by atoms with Crippen molar-refractivity contribution in [2.75, 3.05) is 26.7 Å². The molecule has 1 aromatic heterocycles. The van der Waals surface area contributed by atoms with Crippen LogP contribution in [0.25, 0.3) is 11.4 Å². The molecule has 0 unspecified atom stereocenters. The predicted octanol–water partition coefficient (Wildman–Crippen LogP) is 3.94. The molecule has 168 valence electrons. The molecule has 4 rings (SSSR count). The number of carbonyl (C=O) groups is 1. The van der Waals surface area contributed by atoms with Gasteiger partial charge in [-0.3, -0.25) is 9.69 Å². The van der Waals surface area contributed by atoms with Gasteiger partial charge in [-0.25, -0.2) is 0 Å². The summed E-state index contributed by atoms with van der Waals surface area (Å²) in [6, 6.07) is 16.1. The SMILES string of the molecule is COc1ccccc1[C@@H](CNC(=O)CCc1nc(-c2ccc(C)cc2)no1)N1CCCC1. The summed E-state index contributed by atoms with van der Waals surface area (Å²) in [6.07, 6.45) is 3.07. The number of rotatable bonds is 9. The van der Waals surface area contributed by atoms with Crippen molar-refractivity contribution in [1.82, 2.24) is 20.4 Å². The minimum Gasteiger partial charge on any atom is -0.496 e. The van der Waals surface area contributed by atoms with E-state index in [1.807, 2.05) is 49.4 Å². The van der Waals surface area contributed by atoms with Gasteiger partial charge in [-0.15, -0.1) is 0 Å². The fourth-order valence-electron chi connectivity index (χ4n) is 4.13. The number of likely N-dealkylation sites (tertiary alicyclic amines) is 1. The largest absolute Gasteiger partial charge is 0.496 e. The summed E-state index contributed by atoms with van der Waals surface area (Å²) in [5.41, 5.74) is 3.19. The van der Waals surface area contributed by atoms with Gasteiger partial charge < -0.3 is 14.6 Å². The first-order valence-electron chi connectivity index (χ1n) is 11.2. The molecule has 0 saturated carbocycles. The fourth-order valence-corrected chi connectivity index (χ4v) is 4.13. The fraction of sp³-hybridized carbons (Fsp3) is 0.400. The van der Waals surface area contributed by atoms with Gasteiger partial charge in [0.25, 0.3) is 0 Å². The smallest absolute Gasteiger partial charge is 0.227 e. The second kappa shape index (κ2) is 10.4. The monoisotopic (exact) mass is 434 g/mol. The third-order valence-electron chi connectivity index (χ3n) is 5.92. The summed E-state index contributed by atoms with van der Waals surface area (Å²) < 4.78 is 10.9. The highest BCUT2D eigenvalue weighted by molar-refractivity contribution is 5.76. The number of aryl methyl sites for hydroxylation is 2. The first kappa shape index (κ1) is 22.0. The third kappa shape index (κ3) is 5.34. The zero-order valence-electron chi connectivity index (χ0n) is 18.7. The summed E-state index contributed by atoms with van der Waals surface area (Å²) >= 11 is 0. The highest BCUT2D eigenvalue weighted by atomic mass is 16.5. The van der Waals surface area contributed by atoms with Crippen molar-refractivity contribution >= 4 is 5.91 Å². The lowest BCUT2D eigenvalue weighted by atomic mass is 10.0. The van der Waals surface area contributed by atoms with Crippen molar-refractivity contribution in [2.24, 2.45) is 0 Å². The highest BCUT2D eigenvalue weighted by Crippen LogP contribution is 2.31. The number of aromatic nitrogens is 2. The molecule has 0 aliphatic carbocycles. The molecule has 7 nitrogen and oxygen atoms in total. The highest BCUT2D eigenvalue weighted by Gasteiger charge is 2.26. The van der Waals surface area contributed by atoms with E-state index in [0.29, 0.717) is 31.1 Å². The molecule has 1 aliphatic heterocycles.